The number of anilines is 2. The normalized spacial score (nSPS) is 14.8. The van der Waals surface area contributed by atoms with Crippen LogP contribution in [0.4, 0.5) is 11.6 Å². The quantitative estimate of drug-likeness (QED) is 0.750. The Kier molecular flexibility index (Phi) is 6.62. The molecule has 2 N–H and O–H groups in total. The molecule has 140 valence electrons. The van der Waals surface area contributed by atoms with Crippen LogP contribution in [0.1, 0.15) is 11.4 Å². The highest BCUT2D eigenvalue weighted by molar-refractivity contribution is 5.48. The summed E-state index contributed by atoms with van der Waals surface area (Å²) in [5.74, 6) is 3.28. The lowest BCUT2D eigenvalue weighted by Crippen LogP contribution is -2.39. The Morgan fingerprint density at radius 3 is 2.46 bits per heavy atom. The van der Waals surface area contributed by atoms with Crippen LogP contribution in [0.15, 0.2) is 30.3 Å². The van der Waals surface area contributed by atoms with Crippen molar-refractivity contribution in [2.45, 2.75) is 13.5 Å². The van der Waals surface area contributed by atoms with E-state index in [2.05, 4.69) is 25.5 Å². The van der Waals surface area contributed by atoms with E-state index >= 15 is 0 Å². The van der Waals surface area contributed by atoms with Gasteiger partial charge in [0.25, 0.3) is 0 Å². The summed E-state index contributed by atoms with van der Waals surface area (Å²) in [5.41, 5.74) is 1.17. The zero-order valence-electron chi connectivity index (χ0n) is 15.5. The summed E-state index contributed by atoms with van der Waals surface area (Å²) in [7, 11) is 1.67. The molecule has 0 unspecified atom stereocenters. The van der Waals surface area contributed by atoms with Gasteiger partial charge in [-0.1, -0.05) is 12.1 Å². The standard InChI is InChI=1S/C19H27N5O2/c1-15-22-18(20-7-8-24-9-11-26-12-10-24)13-19(23-15)21-14-16-3-5-17(25-2)6-4-16/h3-6,13H,7-12,14H2,1-2H3,(H2,20,21,22,23). The molecule has 26 heavy (non-hydrogen) atoms. The van der Waals surface area contributed by atoms with Crippen LogP contribution < -0.4 is 15.4 Å². The van der Waals surface area contributed by atoms with Gasteiger partial charge in [0.1, 0.15) is 23.2 Å². The fourth-order valence-electron chi connectivity index (χ4n) is 2.85. The lowest BCUT2D eigenvalue weighted by atomic mass is 10.2. The van der Waals surface area contributed by atoms with Crippen LogP contribution in [0.3, 0.4) is 0 Å². The molecule has 7 heteroatoms. The molecule has 0 radical (unpaired) electrons. The largest absolute Gasteiger partial charge is 0.497 e. The zero-order valence-corrected chi connectivity index (χ0v) is 15.5. The maximum absolute atomic E-state index is 5.37. The van der Waals surface area contributed by atoms with Gasteiger partial charge < -0.3 is 20.1 Å². The Hall–Kier alpha value is -2.38. The van der Waals surface area contributed by atoms with Crippen molar-refractivity contribution in [3.8, 4) is 5.75 Å². The first-order valence-corrected chi connectivity index (χ1v) is 8.99. The minimum Gasteiger partial charge on any atom is -0.497 e. The Morgan fingerprint density at radius 1 is 1.08 bits per heavy atom. The van der Waals surface area contributed by atoms with E-state index in [9.17, 15) is 0 Å². The summed E-state index contributed by atoms with van der Waals surface area (Å²) in [6.07, 6.45) is 0. The molecule has 1 aliphatic rings. The van der Waals surface area contributed by atoms with Crippen molar-refractivity contribution in [2.24, 2.45) is 0 Å². The van der Waals surface area contributed by atoms with Crippen LogP contribution >= 0.6 is 0 Å². The zero-order chi connectivity index (χ0) is 18.2. The third-order valence-corrected chi connectivity index (χ3v) is 4.31. The molecule has 3 rings (SSSR count). The number of hydrogen-bond donors (Lipinski definition) is 2. The number of methoxy groups -OCH3 is 1. The van der Waals surface area contributed by atoms with Crippen LogP contribution in [-0.4, -0.2) is 61.4 Å². The van der Waals surface area contributed by atoms with E-state index < -0.39 is 0 Å². The van der Waals surface area contributed by atoms with Crippen molar-refractivity contribution in [3.63, 3.8) is 0 Å². The average molecular weight is 357 g/mol. The van der Waals surface area contributed by atoms with Gasteiger partial charge in [0, 0.05) is 38.8 Å². The van der Waals surface area contributed by atoms with Crippen LogP contribution in [0.2, 0.25) is 0 Å². The van der Waals surface area contributed by atoms with Crippen LogP contribution in [0.25, 0.3) is 0 Å². The molecule has 1 fully saturated rings. The van der Waals surface area contributed by atoms with Gasteiger partial charge >= 0.3 is 0 Å². The van der Waals surface area contributed by atoms with Crippen molar-refractivity contribution >= 4 is 11.6 Å². The van der Waals surface area contributed by atoms with E-state index in [0.717, 1.165) is 62.6 Å². The number of nitrogens with zero attached hydrogens (tertiary/aromatic N) is 3. The Bertz CT molecular complexity index is 687. The van der Waals surface area contributed by atoms with E-state index in [1.165, 1.54) is 5.56 Å². The maximum Gasteiger partial charge on any atom is 0.132 e. The summed E-state index contributed by atoms with van der Waals surface area (Å²) in [6, 6.07) is 9.96. The second-order valence-electron chi connectivity index (χ2n) is 6.27. The Labute approximate surface area is 154 Å². The van der Waals surface area contributed by atoms with Crippen LogP contribution in [-0.2, 0) is 11.3 Å². The molecule has 0 atom stereocenters. The average Bonchev–Trinajstić information content (AvgIpc) is 2.67. The van der Waals surface area contributed by atoms with Crippen molar-refractivity contribution in [3.05, 3.63) is 41.7 Å². The molecule has 1 aromatic carbocycles. The number of morpholine rings is 1. The lowest BCUT2D eigenvalue weighted by molar-refractivity contribution is 0.0398. The summed E-state index contributed by atoms with van der Waals surface area (Å²) in [4.78, 5) is 11.3. The van der Waals surface area contributed by atoms with Crippen molar-refractivity contribution in [2.75, 3.05) is 57.1 Å². The van der Waals surface area contributed by atoms with E-state index in [1.807, 2.05) is 37.3 Å². The number of aromatic nitrogens is 2. The third kappa shape index (κ3) is 5.57. The molecule has 0 saturated carbocycles. The minimum atomic E-state index is 0.702. The molecule has 0 aliphatic carbocycles. The molecule has 1 aromatic heterocycles. The third-order valence-electron chi connectivity index (χ3n) is 4.31. The predicted molar refractivity (Wildman–Crippen MR) is 103 cm³/mol. The highest BCUT2D eigenvalue weighted by Gasteiger charge is 2.09. The van der Waals surface area contributed by atoms with Crippen molar-refractivity contribution in [1.82, 2.24) is 14.9 Å². The smallest absolute Gasteiger partial charge is 0.132 e. The van der Waals surface area contributed by atoms with Crippen LogP contribution in [0.5, 0.6) is 5.75 Å². The summed E-state index contributed by atoms with van der Waals surface area (Å²) >= 11 is 0. The first kappa shape index (κ1) is 18.4. The van der Waals surface area contributed by atoms with Gasteiger partial charge in [-0.15, -0.1) is 0 Å². The van der Waals surface area contributed by atoms with Crippen LogP contribution in [0, 0.1) is 6.92 Å². The Balaban J connectivity index is 1.51. The molecule has 0 spiro atoms. The lowest BCUT2D eigenvalue weighted by Gasteiger charge is -2.26. The van der Waals surface area contributed by atoms with Gasteiger partial charge in [-0.3, -0.25) is 4.90 Å². The van der Waals surface area contributed by atoms with E-state index in [-0.39, 0.29) is 0 Å². The van der Waals surface area contributed by atoms with Gasteiger partial charge in [0.05, 0.1) is 20.3 Å². The summed E-state index contributed by atoms with van der Waals surface area (Å²) < 4.78 is 10.6. The fraction of sp³-hybridized carbons (Fsp3) is 0.474. The van der Waals surface area contributed by atoms with E-state index in [1.54, 1.807) is 7.11 Å². The molecular formula is C19H27N5O2. The van der Waals surface area contributed by atoms with E-state index in [0.29, 0.717) is 6.54 Å². The highest BCUT2D eigenvalue weighted by atomic mass is 16.5. The topological polar surface area (TPSA) is 71.5 Å². The molecule has 1 saturated heterocycles. The highest BCUT2D eigenvalue weighted by Crippen LogP contribution is 2.15. The predicted octanol–water partition coefficient (Wildman–Crippen LogP) is 2.15. The van der Waals surface area contributed by atoms with Gasteiger partial charge in [-0.05, 0) is 24.6 Å². The van der Waals surface area contributed by atoms with Crippen molar-refractivity contribution < 1.29 is 9.47 Å². The number of nitrogens with one attached hydrogen (secondary N) is 2. The van der Waals surface area contributed by atoms with Gasteiger partial charge in [-0.2, -0.15) is 0 Å². The number of hydrogen-bond acceptors (Lipinski definition) is 7. The summed E-state index contributed by atoms with van der Waals surface area (Å²) in [6.45, 7) is 8.10. The molecule has 0 bridgehead atoms. The SMILES string of the molecule is COc1ccc(CNc2cc(NCCN3CCOCC3)nc(C)n2)cc1. The molecule has 0 amide bonds. The van der Waals surface area contributed by atoms with Gasteiger partial charge in [0.2, 0.25) is 0 Å². The van der Waals surface area contributed by atoms with Gasteiger partial charge in [-0.25, -0.2) is 9.97 Å². The van der Waals surface area contributed by atoms with E-state index in [4.69, 9.17) is 9.47 Å². The molecule has 2 aromatic rings. The summed E-state index contributed by atoms with van der Waals surface area (Å²) in [5, 5.41) is 6.76. The van der Waals surface area contributed by atoms with Gasteiger partial charge in [0.15, 0.2) is 0 Å². The minimum absolute atomic E-state index is 0.702. The molecule has 1 aliphatic heterocycles. The second-order valence-corrected chi connectivity index (χ2v) is 6.27. The maximum atomic E-state index is 5.37. The fourth-order valence-corrected chi connectivity index (χ4v) is 2.85. The monoisotopic (exact) mass is 357 g/mol. The molecular weight excluding hydrogens is 330 g/mol. The number of aryl methyl sites for hydroxylation is 1. The molecule has 2 heterocycles. The first-order chi connectivity index (χ1) is 12.7. The molecule has 7 nitrogen and oxygen atoms in total. The second kappa shape index (κ2) is 9.35. The number of benzene rings is 1. The number of ether oxygens (including phenoxy) is 2. The number of rotatable bonds is 8. The Morgan fingerprint density at radius 2 is 1.77 bits per heavy atom. The first-order valence-electron chi connectivity index (χ1n) is 8.99. The van der Waals surface area contributed by atoms with Crippen molar-refractivity contribution in [1.29, 1.82) is 0 Å².